The van der Waals surface area contributed by atoms with E-state index in [1.54, 1.807) is 18.6 Å². The summed E-state index contributed by atoms with van der Waals surface area (Å²) in [4.78, 5) is 27.0. The zero-order valence-corrected chi connectivity index (χ0v) is 22.4. The van der Waals surface area contributed by atoms with Crippen molar-refractivity contribution < 1.29 is 4.79 Å². The molecule has 1 amide bonds. The molecule has 0 spiro atoms. The first-order valence-corrected chi connectivity index (χ1v) is 13.5. The molecule has 2 aromatic heterocycles. The van der Waals surface area contributed by atoms with Crippen LogP contribution in [0.3, 0.4) is 0 Å². The van der Waals surface area contributed by atoms with Crippen molar-refractivity contribution >= 4 is 11.6 Å². The van der Waals surface area contributed by atoms with Crippen LogP contribution in [0, 0.1) is 0 Å². The number of hydrogen-bond donors (Lipinski definition) is 3. The summed E-state index contributed by atoms with van der Waals surface area (Å²) < 4.78 is 0. The second kappa shape index (κ2) is 14.2. The molecule has 0 saturated carbocycles. The quantitative estimate of drug-likeness (QED) is 0.201. The fourth-order valence-electron chi connectivity index (χ4n) is 4.58. The largest absolute Gasteiger partial charge is 0.349 e. The highest BCUT2D eigenvalue weighted by Gasteiger charge is 2.14. The number of anilines is 1. The van der Waals surface area contributed by atoms with Gasteiger partial charge in [-0.2, -0.15) is 0 Å². The van der Waals surface area contributed by atoms with Gasteiger partial charge in [-0.05, 0) is 79.0 Å². The number of pyridine rings is 1. The molecule has 2 aromatic carbocycles. The molecule has 1 atom stereocenters. The summed E-state index contributed by atoms with van der Waals surface area (Å²) in [6.07, 6.45) is 10.3. The monoisotopic (exact) mass is 510 g/mol. The zero-order valence-electron chi connectivity index (χ0n) is 22.4. The first-order valence-electron chi connectivity index (χ1n) is 13.5. The van der Waals surface area contributed by atoms with Crippen LogP contribution in [0.1, 0.15) is 65.6 Å². The van der Waals surface area contributed by atoms with Gasteiger partial charge in [0.2, 0.25) is 0 Å². The van der Waals surface area contributed by atoms with Gasteiger partial charge in [0, 0.05) is 61.6 Å². The molecule has 7 nitrogen and oxygen atoms in total. The molecule has 0 radical (unpaired) electrons. The van der Waals surface area contributed by atoms with E-state index in [0.29, 0.717) is 12.1 Å². The fraction of sp³-hybridized carbons (Fsp3) is 0.323. The van der Waals surface area contributed by atoms with E-state index in [-0.39, 0.29) is 11.9 Å². The number of aromatic nitrogens is 3. The first-order chi connectivity index (χ1) is 18.6. The van der Waals surface area contributed by atoms with Crippen molar-refractivity contribution in [2.24, 2.45) is 0 Å². The van der Waals surface area contributed by atoms with Crippen LogP contribution in [0.2, 0.25) is 0 Å². The predicted octanol–water partition coefficient (Wildman–Crippen LogP) is 5.75. The number of carbonyl (C=O) groups is 1. The van der Waals surface area contributed by atoms with Gasteiger partial charge in [-0.1, -0.05) is 38.1 Å². The van der Waals surface area contributed by atoms with Crippen molar-refractivity contribution in [3.05, 3.63) is 114 Å². The minimum Gasteiger partial charge on any atom is -0.349 e. The Bertz CT molecular complexity index is 1220. The third kappa shape index (κ3) is 8.10. The molecule has 4 rings (SSSR count). The van der Waals surface area contributed by atoms with Gasteiger partial charge >= 0.3 is 0 Å². The molecule has 0 aliphatic carbocycles. The predicted molar refractivity (Wildman–Crippen MR) is 153 cm³/mol. The van der Waals surface area contributed by atoms with Gasteiger partial charge in [-0.25, -0.2) is 4.98 Å². The van der Waals surface area contributed by atoms with E-state index >= 15 is 0 Å². The fourth-order valence-corrected chi connectivity index (χ4v) is 4.58. The van der Waals surface area contributed by atoms with Crippen molar-refractivity contribution in [3.8, 4) is 0 Å². The van der Waals surface area contributed by atoms with Crippen LogP contribution in [0.5, 0.6) is 0 Å². The highest BCUT2D eigenvalue weighted by atomic mass is 16.1. The third-order valence-corrected chi connectivity index (χ3v) is 6.53. The maximum Gasteiger partial charge on any atom is 0.255 e. The maximum atomic E-state index is 12.8. The van der Waals surface area contributed by atoms with E-state index in [0.717, 1.165) is 61.5 Å². The van der Waals surface area contributed by atoms with Crippen molar-refractivity contribution in [3.63, 3.8) is 0 Å². The van der Waals surface area contributed by atoms with Gasteiger partial charge in [0.15, 0.2) is 0 Å². The second-order valence-corrected chi connectivity index (χ2v) is 9.58. The van der Waals surface area contributed by atoms with E-state index in [1.165, 1.54) is 5.56 Å². The molecule has 38 heavy (non-hydrogen) atoms. The highest BCUT2D eigenvalue weighted by molar-refractivity contribution is 6.04. The van der Waals surface area contributed by atoms with Crippen LogP contribution in [0.15, 0.2) is 85.5 Å². The number of H-pyrrole nitrogens is 1. The van der Waals surface area contributed by atoms with Crippen molar-refractivity contribution in [2.45, 2.75) is 52.2 Å². The van der Waals surface area contributed by atoms with Crippen LogP contribution in [0.4, 0.5) is 5.69 Å². The number of imidazole rings is 1. The number of aromatic amines is 1. The minimum absolute atomic E-state index is 0.0890. The van der Waals surface area contributed by atoms with E-state index in [4.69, 9.17) is 0 Å². The smallest absolute Gasteiger partial charge is 0.255 e. The van der Waals surface area contributed by atoms with Crippen LogP contribution in [-0.2, 0) is 19.5 Å². The van der Waals surface area contributed by atoms with Gasteiger partial charge in [0.1, 0.15) is 5.82 Å². The van der Waals surface area contributed by atoms with E-state index in [2.05, 4.69) is 56.5 Å². The lowest BCUT2D eigenvalue weighted by Crippen LogP contribution is -2.24. The molecule has 198 valence electrons. The molecule has 0 saturated heterocycles. The normalized spacial score (nSPS) is 12.0. The Balaban J connectivity index is 1.32. The van der Waals surface area contributed by atoms with E-state index in [1.807, 2.05) is 54.7 Å². The highest BCUT2D eigenvalue weighted by Crippen LogP contribution is 2.18. The molecule has 3 N–H and O–H groups in total. The zero-order chi connectivity index (χ0) is 26.6. The third-order valence-electron chi connectivity index (χ3n) is 6.53. The minimum atomic E-state index is -0.108. The Morgan fingerprint density at radius 2 is 1.58 bits per heavy atom. The second-order valence-electron chi connectivity index (χ2n) is 9.58. The van der Waals surface area contributed by atoms with Gasteiger partial charge < -0.3 is 15.6 Å². The molecular formula is C31H38N6O. The lowest BCUT2D eigenvalue weighted by atomic mass is 10.0. The van der Waals surface area contributed by atoms with Gasteiger partial charge in [-0.3, -0.25) is 14.7 Å². The first kappa shape index (κ1) is 27.2. The van der Waals surface area contributed by atoms with E-state index < -0.39 is 0 Å². The van der Waals surface area contributed by atoms with Crippen LogP contribution < -0.4 is 10.6 Å². The molecule has 0 bridgehead atoms. The molecule has 0 aliphatic heterocycles. The average Bonchev–Trinajstić information content (AvgIpc) is 3.46. The van der Waals surface area contributed by atoms with Gasteiger partial charge in [0.25, 0.3) is 5.91 Å². The van der Waals surface area contributed by atoms with Crippen LogP contribution >= 0.6 is 0 Å². The molecule has 7 heteroatoms. The summed E-state index contributed by atoms with van der Waals surface area (Å²) in [6.45, 7) is 8.25. The van der Waals surface area contributed by atoms with Gasteiger partial charge in [0.05, 0.1) is 0 Å². The van der Waals surface area contributed by atoms with Crippen LogP contribution in [0.25, 0.3) is 0 Å². The Labute approximate surface area is 225 Å². The number of nitrogens with zero attached hydrogens (tertiary/aromatic N) is 3. The van der Waals surface area contributed by atoms with Crippen molar-refractivity contribution in [1.29, 1.82) is 0 Å². The Morgan fingerprint density at radius 1 is 0.895 bits per heavy atom. The lowest BCUT2D eigenvalue weighted by molar-refractivity contribution is 0.102. The number of rotatable bonds is 14. The van der Waals surface area contributed by atoms with Crippen molar-refractivity contribution in [2.75, 3.05) is 18.4 Å². The molecule has 0 fully saturated rings. The number of amides is 1. The molecule has 1 unspecified atom stereocenters. The Kier molecular flexibility index (Phi) is 10.2. The SMILES string of the molecule is CCCN(CCC)Cc1ccc(NC(=O)c2ccc(CNC(Cc3ncc[nH]3)c3ccncc3)cc2)cc1. The summed E-state index contributed by atoms with van der Waals surface area (Å²) in [5, 5.41) is 6.64. The topological polar surface area (TPSA) is 85.9 Å². The Morgan fingerprint density at radius 3 is 2.21 bits per heavy atom. The summed E-state index contributed by atoms with van der Waals surface area (Å²) >= 11 is 0. The molecule has 0 aliphatic rings. The van der Waals surface area contributed by atoms with Crippen LogP contribution in [-0.4, -0.2) is 38.8 Å². The standard InChI is InChI=1S/C31H38N6O/c1-3-19-37(20-4-2)23-25-7-11-28(12-8-25)36-31(38)27-9-5-24(6-10-27)22-35-29(21-30-33-17-18-34-30)26-13-15-32-16-14-26/h5-18,29,35H,3-4,19-23H2,1-2H3,(H,33,34)(H,36,38). The molecule has 2 heterocycles. The van der Waals surface area contributed by atoms with E-state index in [9.17, 15) is 4.79 Å². The maximum absolute atomic E-state index is 12.8. The lowest BCUT2D eigenvalue weighted by Gasteiger charge is -2.21. The summed E-state index contributed by atoms with van der Waals surface area (Å²) in [7, 11) is 0. The molecular weight excluding hydrogens is 472 g/mol. The number of benzene rings is 2. The van der Waals surface area contributed by atoms with Gasteiger partial charge in [-0.15, -0.1) is 0 Å². The Hall–Kier alpha value is -3.81. The number of hydrogen-bond acceptors (Lipinski definition) is 5. The summed E-state index contributed by atoms with van der Waals surface area (Å²) in [6, 6.07) is 20.1. The summed E-state index contributed by atoms with van der Waals surface area (Å²) in [5.41, 5.74) is 4.96. The molecule has 4 aromatic rings. The summed E-state index contributed by atoms with van der Waals surface area (Å²) in [5.74, 6) is 0.821. The number of carbonyl (C=O) groups excluding carboxylic acids is 1. The number of nitrogens with one attached hydrogen (secondary N) is 3. The van der Waals surface area contributed by atoms with Crippen molar-refractivity contribution in [1.82, 2.24) is 25.2 Å². The average molecular weight is 511 g/mol.